The van der Waals surface area contributed by atoms with Crippen molar-refractivity contribution in [2.45, 2.75) is 71.6 Å². The van der Waals surface area contributed by atoms with Crippen LogP contribution in [0.4, 0.5) is 0 Å². The second-order valence-electron chi connectivity index (χ2n) is 9.67. The molecule has 1 aliphatic carbocycles. The third-order valence-corrected chi connectivity index (χ3v) is 7.38. The first-order chi connectivity index (χ1) is 17.7. The minimum atomic E-state index is -0.295. The minimum absolute atomic E-state index is 0.295. The molecule has 0 aromatic heterocycles. The molecule has 0 N–H and O–H groups in total. The van der Waals surface area contributed by atoms with Crippen LogP contribution in [0, 0.1) is 0 Å². The van der Waals surface area contributed by atoms with Crippen LogP contribution in [0.25, 0.3) is 0 Å². The van der Waals surface area contributed by atoms with Crippen LogP contribution in [-0.4, -0.2) is 4.90 Å². The zero-order valence-electron chi connectivity index (χ0n) is 22.5. The fourth-order valence-corrected chi connectivity index (χ4v) is 5.75. The van der Waals surface area contributed by atoms with E-state index in [1.807, 2.05) is 0 Å². The maximum Gasteiger partial charge on any atom is 0.0664 e. The van der Waals surface area contributed by atoms with Crippen LogP contribution in [0.15, 0.2) is 131 Å². The first kappa shape index (κ1) is 25.8. The Hall–Kier alpha value is -3.32. The molecule has 1 heteroatoms. The number of nitrogens with zero attached hydrogens (tertiary/aromatic N) is 1. The molecule has 2 aliphatic rings. The Morgan fingerprint density at radius 1 is 0.889 bits per heavy atom. The largest absolute Gasteiger partial charge is 0.311 e. The molecule has 186 valence electrons. The average molecular weight is 476 g/mol. The fraction of sp³-hybridized carbons (Fsp3) is 0.314. The van der Waals surface area contributed by atoms with Crippen molar-refractivity contribution in [3.8, 4) is 0 Å². The lowest BCUT2D eigenvalue weighted by Crippen LogP contribution is -2.41. The number of rotatable bonds is 9. The van der Waals surface area contributed by atoms with E-state index in [2.05, 4.69) is 136 Å². The summed E-state index contributed by atoms with van der Waals surface area (Å²) in [6, 6.07) is 22.3. The molecule has 1 heterocycles. The van der Waals surface area contributed by atoms with Crippen molar-refractivity contribution in [2.24, 2.45) is 0 Å². The predicted molar refractivity (Wildman–Crippen MR) is 155 cm³/mol. The quantitative estimate of drug-likeness (QED) is 0.326. The maximum absolute atomic E-state index is 2.54. The van der Waals surface area contributed by atoms with Crippen LogP contribution < -0.4 is 0 Å². The van der Waals surface area contributed by atoms with Crippen molar-refractivity contribution < 1.29 is 0 Å². The van der Waals surface area contributed by atoms with Crippen LogP contribution in [0.5, 0.6) is 0 Å². The van der Waals surface area contributed by atoms with Gasteiger partial charge in [-0.25, -0.2) is 0 Å². The molecule has 0 atom stereocenters. The summed E-state index contributed by atoms with van der Waals surface area (Å²) < 4.78 is 0. The van der Waals surface area contributed by atoms with Crippen LogP contribution in [-0.2, 0) is 5.41 Å². The lowest BCUT2D eigenvalue weighted by Gasteiger charge is -2.49. The Kier molecular flexibility index (Phi) is 8.65. The van der Waals surface area contributed by atoms with Crippen molar-refractivity contribution >= 4 is 0 Å². The summed E-state index contributed by atoms with van der Waals surface area (Å²) in [5.41, 5.74) is 9.20. The highest BCUT2D eigenvalue weighted by molar-refractivity contribution is 5.65. The molecular weight excluding hydrogens is 434 g/mol. The molecule has 0 fully saturated rings. The van der Waals surface area contributed by atoms with E-state index < -0.39 is 0 Å². The molecule has 1 nitrogen and oxygen atoms in total. The smallest absolute Gasteiger partial charge is 0.0664 e. The third kappa shape index (κ3) is 4.72. The Balaban J connectivity index is 2.12. The van der Waals surface area contributed by atoms with Gasteiger partial charge in [0, 0.05) is 17.1 Å². The highest BCUT2D eigenvalue weighted by Gasteiger charge is 2.47. The predicted octanol–water partition coefficient (Wildman–Crippen LogP) is 9.78. The number of unbranched alkanes of at least 4 members (excludes halogenated alkanes) is 1. The molecule has 0 unspecified atom stereocenters. The molecule has 0 spiro atoms. The van der Waals surface area contributed by atoms with Crippen LogP contribution in [0.3, 0.4) is 0 Å². The van der Waals surface area contributed by atoms with E-state index in [1.54, 1.807) is 0 Å². The van der Waals surface area contributed by atoms with Gasteiger partial charge >= 0.3 is 0 Å². The molecule has 2 aromatic rings. The Morgan fingerprint density at radius 3 is 2.11 bits per heavy atom. The number of hydrogen-bond acceptors (Lipinski definition) is 1. The average Bonchev–Trinajstić information content (AvgIpc) is 2.93. The van der Waals surface area contributed by atoms with Crippen LogP contribution in [0.2, 0.25) is 0 Å². The van der Waals surface area contributed by atoms with Gasteiger partial charge in [-0.2, -0.15) is 0 Å². The SMILES string of the molecule is CC/C=C\C1=C(C)C(c2ccccc2)(c2ccccc2)C2=C(C=CCC2)N1C(/C=C\CC)=C/CCC. The Morgan fingerprint density at radius 2 is 1.53 bits per heavy atom. The molecule has 4 rings (SSSR count). The summed E-state index contributed by atoms with van der Waals surface area (Å²) in [5.74, 6) is 0. The lowest BCUT2D eigenvalue weighted by atomic mass is 9.60. The van der Waals surface area contributed by atoms with Gasteiger partial charge in [-0.15, -0.1) is 0 Å². The number of benzene rings is 2. The van der Waals surface area contributed by atoms with E-state index in [0.29, 0.717) is 0 Å². The van der Waals surface area contributed by atoms with Crippen molar-refractivity contribution in [1.29, 1.82) is 0 Å². The van der Waals surface area contributed by atoms with Crippen LogP contribution in [0.1, 0.15) is 77.3 Å². The summed E-state index contributed by atoms with van der Waals surface area (Å²) in [4.78, 5) is 2.54. The highest BCUT2D eigenvalue weighted by atomic mass is 15.2. The van der Waals surface area contributed by atoms with E-state index in [9.17, 15) is 0 Å². The lowest BCUT2D eigenvalue weighted by molar-refractivity contribution is 0.480. The van der Waals surface area contributed by atoms with Gasteiger partial charge in [0.05, 0.1) is 5.41 Å². The van der Waals surface area contributed by atoms with Gasteiger partial charge in [-0.3, -0.25) is 0 Å². The molecule has 2 aromatic carbocycles. The van der Waals surface area contributed by atoms with E-state index in [0.717, 1.165) is 38.5 Å². The summed E-state index contributed by atoms with van der Waals surface area (Å²) in [5, 5.41) is 0. The normalized spacial score (nSPS) is 18.0. The summed E-state index contributed by atoms with van der Waals surface area (Å²) >= 11 is 0. The van der Waals surface area contributed by atoms with Crippen molar-refractivity contribution in [2.75, 3.05) is 0 Å². The first-order valence-electron chi connectivity index (χ1n) is 13.8. The third-order valence-electron chi connectivity index (χ3n) is 7.38. The maximum atomic E-state index is 2.54. The van der Waals surface area contributed by atoms with E-state index in [-0.39, 0.29) is 5.41 Å². The molecular formula is C35H41N. The van der Waals surface area contributed by atoms with Gasteiger partial charge in [0.1, 0.15) is 0 Å². The second kappa shape index (κ2) is 12.1. The van der Waals surface area contributed by atoms with Gasteiger partial charge in [-0.1, -0.05) is 112 Å². The van der Waals surface area contributed by atoms with Crippen molar-refractivity contribution in [3.05, 3.63) is 143 Å². The molecule has 0 saturated carbocycles. The summed E-state index contributed by atoms with van der Waals surface area (Å²) in [7, 11) is 0. The first-order valence-corrected chi connectivity index (χ1v) is 13.8. The van der Waals surface area contributed by atoms with E-state index >= 15 is 0 Å². The van der Waals surface area contributed by atoms with E-state index in [1.165, 1.54) is 39.4 Å². The fourth-order valence-electron chi connectivity index (χ4n) is 5.75. The number of allylic oxidation sites excluding steroid dienone is 9. The van der Waals surface area contributed by atoms with Crippen molar-refractivity contribution in [3.63, 3.8) is 0 Å². The Labute approximate surface area is 218 Å². The second-order valence-corrected chi connectivity index (χ2v) is 9.67. The molecule has 0 bridgehead atoms. The topological polar surface area (TPSA) is 3.24 Å². The molecule has 0 amide bonds. The minimum Gasteiger partial charge on any atom is -0.311 e. The molecule has 0 saturated heterocycles. The summed E-state index contributed by atoms with van der Waals surface area (Å²) in [6.07, 6.45) is 22.8. The van der Waals surface area contributed by atoms with Gasteiger partial charge in [0.15, 0.2) is 0 Å². The van der Waals surface area contributed by atoms with Gasteiger partial charge < -0.3 is 4.90 Å². The van der Waals surface area contributed by atoms with Gasteiger partial charge in [0.2, 0.25) is 0 Å². The number of hydrogen-bond donors (Lipinski definition) is 0. The van der Waals surface area contributed by atoms with Gasteiger partial charge in [-0.05, 0) is 79.5 Å². The molecule has 36 heavy (non-hydrogen) atoms. The monoisotopic (exact) mass is 475 g/mol. The summed E-state index contributed by atoms with van der Waals surface area (Å²) in [6.45, 7) is 9.06. The van der Waals surface area contributed by atoms with E-state index in [4.69, 9.17) is 0 Å². The van der Waals surface area contributed by atoms with Crippen LogP contribution >= 0.6 is 0 Å². The highest BCUT2D eigenvalue weighted by Crippen LogP contribution is 2.54. The zero-order chi connectivity index (χ0) is 25.4. The zero-order valence-corrected chi connectivity index (χ0v) is 22.5. The Bertz CT molecular complexity index is 1160. The van der Waals surface area contributed by atoms with Crippen molar-refractivity contribution in [1.82, 2.24) is 4.90 Å². The van der Waals surface area contributed by atoms with Gasteiger partial charge in [0.25, 0.3) is 0 Å². The standard InChI is InChI=1S/C35H41N/c1-5-8-23-31(24-9-6-2)36-33(26-10-7-3)28(4)35(29-19-13-11-14-20-29,30-21-15-12-16-22-30)32-25-17-18-27-34(32)36/h8,10-16,18-24,26-27H,5-7,9,17,25H2,1-4H3/b23-8-,26-10-,31-24+. The molecule has 1 aliphatic heterocycles. The molecule has 0 radical (unpaired) electrons.